The molecule has 4 nitrogen and oxygen atoms in total. The van der Waals surface area contributed by atoms with Crippen molar-refractivity contribution in [3.05, 3.63) is 29.3 Å². The van der Waals surface area contributed by atoms with E-state index in [0.29, 0.717) is 6.61 Å². The summed E-state index contributed by atoms with van der Waals surface area (Å²) in [6.45, 7) is 7.44. The number of anilines is 1. The van der Waals surface area contributed by atoms with Crippen LogP contribution in [-0.2, 0) is 4.74 Å². The fraction of sp³-hybridized carbons (Fsp3) is 0.533. The van der Waals surface area contributed by atoms with Gasteiger partial charge in [-0.1, -0.05) is 6.92 Å². The highest BCUT2D eigenvalue weighted by Crippen LogP contribution is 2.15. The maximum atomic E-state index is 12.2. The topological polar surface area (TPSA) is 50.4 Å². The highest BCUT2D eigenvalue weighted by molar-refractivity contribution is 5.96. The molecule has 1 aromatic carbocycles. The van der Waals surface area contributed by atoms with Crippen molar-refractivity contribution in [3.8, 4) is 0 Å². The van der Waals surface area contributed by atoms with E-state index in [2.05, 4.69) is 10.6 Å². The zero-order valence-electron chi connectivity index (χ0n) is 12.2. The second kappa shape index (κ2) is 7.79. The number of rotatable bonds is 7. The van der Waals surface area contributed by atoms with E-state index in [1.807, 2.05) is 39.0 Å². The number of hydrogen-bond acceptors (Lipinski definition) is 3. The van der Waals surface area contributed by atoms with Crippen molar-refractivity contribution in [1.82, 2.24) is 5.32 Å². The van der Waals surface area contributed by atoms with Crippen molar-refractivity contribution in [2.75, 3.05) is 25.6 Å². The predicted molar refractivity (Wildman–Crippen MR) is 78.8 cm³/mol. The quantitative estimate of drug-likeness (QED) is 0.796. The predicted octanol–water partition coefficient (Wildman–Crippen LogP) is 2.58. The van der Waals surface area contributed by atoms with Gasteiger partial charge in [-0.25, -0.2) is 0 Å². The third kappa shape index (κ3) is 4.56. The Labute approximate surface area is 115 Å². The SMILES string of the molecule is CCNc1ccc(C(=O)NC(CC)COC)c(C)c1. The van der Waals surface area contributed by atoms with Gasteiger partial charge in [0, 0.05) is 24.9 Å². The monoisotopic (exact) mass is 264 g/mol. The van der Waals surface area contributed by atoms with Crippen LogP contribution < -0.4 is 10.6 Å². The summed E-state index contributed by atoms with van der Waals surface area (Å²) in [5, 5.41) is 6.23. The zero-order valence-corrected chi connectivity index (χ0v) is 12.2. The molecule has 1 unspecified atom stereocenters. The summed E-state index contributed by atoms with van der Waals surface area (Å²) in [7, 11) is 1.64. The maximum absolute atomic E-state index is 12.2. The van der Waals surface area contributed by atoms with Crippen molar-refractivity contribution in [2.24, 2.45) is 0 Å². The molecule has 0 aliphatic rings. The minimum Gasteiger partial charge on any atom is -0.385 e. The molecule has 0 spiro atoms. The molecule has 0 saturated carbocycles. The van der Waals surface area contributed by atoms with Gasteiger partial charge < -0.3 is 15.4 Å². The van der Waals surface area contributed by atoms with Crippen molar-refractivity contribution < 1.29 is 9.53 Å². The minimum absolute atomic E-state index is 0.0375. The summed E-state index contributed by atoms with van der Waals surface area (Å²) in [6, 6.07) is 5.85. The van der Waals surface area contributed by atoms with E-state index in [4.69, 9.17) is 4.74 Å². The molecular formula is C15H24N2O2. The molecule has 0 heterocycles. The normalized spacial score (nSPS) is 12.0. The Bertz CT molecular complexity index is 419. The van der Waals surface area contributed by atoms with Gasteiger partial charge in [-0.15, -0.1) is 0 Å². The van der Waals surface area contributed by atoms with Crippen LogP contribution in [0.5, 0.6) is 0 Å². The van der Waals surface area contributed by atoms with Gasteiger partial charge in [-0.2, -0.15) is 0 Å². The standard InChI is InChI=1S/C15H24N2O2/c1-5-12(10-19-4)17-15(18)14-8-7-13(16-6-2)9-11(14)3/h7-9,12,16H,5-6,10H2,1-4H3,(H,17,18). The summed E-state index contributed by atoms with van der Waals surface area (Å²) in [5.41, 5.74) is 2.74. The lowest BCUT2D eigenvalue weighted by Crippen LogP contribution is -2.37. The lowest BCUT2D eigenvalue weighted by atomic mass is 10.1. The van der Waals surface area contributed by atoms with Gasteiger partial charge in [0.05, 0.1) is 12.6 Å². The highest BCUT2D eigenvalue weighted by atomic mass is 16.5. The number of aryl methyl sites for hydroxylation is 1. The number of nitrogens with one attached hydrogen (secondary N) is 2. The first-order valence-electron chi connectivity index (χ1n) is 6.76. The third-order valence-electron chi connectivity index (χ3n) is 3.05. The summed E-state index contributed by atoms with van der Waals surface area (Å²) >= 11 is 0. The molecule has 0 saturated heterocycles. The summed E-state index contributed by atoms with van der Waals surface area (Å²) in [4.78, 5) is 12.2. The lowest BCUT2D eigenvalue weighted by Gasteiger charge is -2.17. The van der Waals surface area contributed by atoms with Crippen LogP contribution in [0.3, 0.4) is 0 Å². The van der Waals surface area contributed by atoms with Crippen LogP contribution >= 0.6 is 0 Å². The summed E-state index contributed by atoms with van der Waals surface area (Å²) in [5.74, 6) is -0.0375. The van der Waals surface area contributed by atoms with E-state index >= 15 is 0 Å². The Hall–Kier alpha value is -1.55. The number of benzene rings is 1. The van der Waals surface area contributed by atoms with Crippen molar-refractivity contribution in [2.45, 2.75) is 33.2 Å². The molecule has 0 aliphatic heterocycles. The van der Waals surface area contributed by atoms with E-state index < -0.39 is 0 Å². The van der Waals surface area contributed by atoms with Crippen LogP contribution in [0.4, 0.5) is 5.69 Å². The average Bonchev–Trinajstić information content (AvgIpc) is 2.38. The van der Waals surface area contributed by atoms with Gasteiger partial charge in [0.25, 0.3) is 5.91 Å². The molecule has 0 aromatic heterocycles. The molecule has 1 amide bonds. The fourth-order valence-electron chi connectivity index (χ4n) is 1.96. The van der Waals surface area contributed by atoms with Crippen LogP contribution in [0.25, 0.3) is 0 Å². The van der Waals surface area contributed by atoms with E-state index in [0.717, 1.165) is 29.8 Å². The van der Waals surface area contributed by atoms with Crippen LogP contribution in [0, 0.1) is 6.92 Å². The number of amides is 1. The van der Waals surface area contributed by atoms with E-state index in [1.165, 1.54) is 0 Å². The Morgan fingerprint density at radius 1 is 1.37 bits per heavy atom. The molecule has 19 heavy (non-hydrogen) atoms. The molecule has 4 heteroatoms. The van der Waals surface area contributed by atoms with Gasteiger partial charge in [0.1, 0.15) is 0 Å². The van der Waals surface area contributed by atoms with Crippen molar-refractivity contribution in [3.63, 3.8) is 0 Å². The van der Waals surface area contributed by atoms with Gasteiger partial charge in [-0.05, 0) is 44.0 Å². The Balaban J connectivity index is 2.76. The largest absolute Gasteiger partial charge is 0.385 e. The fourth-order valence-corrected chi connectivity index (χ4v) is 1.96. The number of hydrogen-bond donors (Lipinski definition) is 2. The number of ether oxygens (including phenoxy) is 1. The molecule has 0 bridgehead atoms. The first-order valence-corrected chi connectivity index (χ1v) is 6.76. The second-order valence-corrected chi connectivity index (χ2v) is 4.59. The van der Waals surface area contributed by atoms with E-state index in [-0.39, 0.29) is 11.9 Å². The molecule has 1 rings (SSSR count). The first-order chi connectivity index (χ1) is 9.12. The molecule has 1 aromatic rings. The van der Waals surface area contributed by atoms with Crippen molar-refractivity contribution >= 4 is 11.6 Å². The average molecular weight is 264 g/mol. The molecular weight excluding hydrogens is 240 g/mol. The molecule has 0 fully saturated rings. The van der Waals surface area contributed by atoms with Crippen LogP contribution in [-0.4, -0.2) is 32.2 Å². The van der Waals surface area contributed by atoms with Crippen LogP contribution in [0.2, 0.25) is 0 Å². The van der Waals surface area contributed by atoms with Gasteiger partial charge in [0.15, 0.2) is 0 Å². The van der Waals surface area contributed by atoms with Crippen LogP contribution in [0.15, 0.2) is 18.2 Å². The number of methoxy groups -OCH3 is 1. The van der Waals surface area contributed by atoms with E-state index in [9.17, 15) is 4.79 Å². The smallest absolute Gasteiger partial charge is 0.251 e. The van der Waals surface area contributed by atoms with Gasteiger partial charge in [0.2, 0.25) is 0 Å². The molecule has 0 radical (unpaired) electrons. The third-order valence-corrected chi connectivity index (χ3v) is 3.05. The van der Waals surface area contributed by atoms with Crippen molar-refractivity contribution in [1.29, 1.82) is 0 Å². The Kier molecular flexibility index (Phi) is 6.36. The second-order valence-electron chi connectivity index (χ2n) is 4.59. The highest BCUT2D eigenvalue weighted by Gasteiger charge is 2.14. The zero-order chi connectivity index (χ0) is 14.3. The van der Waals surface area contributed by atoms with Gasteiger partial charge >= 0.3 is 0 Å². The maximum Gasteiger partial charge on any atom is 0.251 e. The summed E-state index contributed by atoms with van der Waals surface area (Å²) in [6.07, 6.45) is 0.855. The van der Waals surface area contributed by atoms with E-state index in [1.54, 1.807) is 7.11 Å². The molecule has 106 valence electrons. The molecule has 0 aliphatic carbocycles. The van der Waals surface area contributed by atoms with Gasteiger partial charge in [-0.3, -0.25) is 4.79 Å². The van der Waals surface area contributed by atoms with Crippen LogP contribution in [0.1, 0.15) is 36.2 Å². The summed E-state index contributed by atoms with van der Waals surface area (Å²) < 4.78 is 5.09. The Morgan fingerprint density at radius 3 is 2.63 bits per heavy atom. The first kappa shape index (κ1) is 15.5. The number of carbonyl (C=O) groups is 1. The minimum atomic E-state index is -0.0375. The Morgan fingerprint density at radius 2 is 2.11 bits per heavy atom. The molecule has 1 atom stereocenters. The number of carbonyl (C=O) groups excluding carboxylic acids is 1. The lowest BCUT2D eigenvalue weighted by molar-refractivity contribution is 0.0894. The molecule has 2 N–H and O–H groups in total.